The van der Waals surface area contributed by atoms with Crippen molar-refractivity contribution in [2.75, 3.05) is 0 Å². The number of thiazole rings is 1. The van der Waals surface area contributed by atoms with Crippen molar-refractivity contribution in [3.8, 4) is 0 Å². The van der Waals surface area contributed by atoms with Crippen LogP contribution in [0.5, 0.6) is 0 Å². The van der Waals surface area contributed by atoms with E-state index in [0.717, 1.165) is 0 Å². The first-order chi connectivity index (χ1) is 5.49. The first kappa shape index (κ1) is 9.61. The van der Waals surface area contributed by atoms with E-state index in [1.165, 1.54) is 11.3 Å². The van der Waals surface area contributed by atoms with Gasteiger partial charge >= 0.3 is 0 Å². The minimum atomic E-state index is -1.03. The second-order valence-electron chi connectivity index (χ2n) is 3.57. The van der Waals surface area contributed by atoms with E-state index in [1.807, 2.05) is 13.8 Å². The lowest BCUT2D eigenvalue weighted by atomic mass is 9.98. The predicted octanol–water partition coefficient (Wildman–Crippen LogP) is 2.28. The van der Waals surface area contributed by atoms with Crippen molar-refractivity contribution in [2.24, 2.45) is 5.73 Å². The molecule has 4 heteroatoms. The average molecular weight is 188 g/mol. The molecule has 0 aromatic carbocycles. The largest absolute Gasteiger partial charge is 0.325 e. The highest BCUT2D eigenvalue weighted by Gasteiger charge is 2.20. The predicted molar refractivity (Wildman–Crippen MR) is 48.8 cm³/mol. The van der Waals surface area contributed by atoms with Gasteiger partial charge in [0.25, 0.3) is 0 Å². The standard InChI is InChI=1S/C8H13FN2S/c1-8(2,10)3-6(9)7-4-12-5-11-7/h4-6H,3,10H2,1-2H3. The molecule has 0 radical (unpaired) electrons. The number of halogens is 1. The summed E-state index contributed by atoms with van der Waals surface area (Å²) in [5.41, 5.74) is 7.34. The SMILES string of the molecule is CC(C)(N)CC(F)c1cscn1. The summed E-state index contributed by atoms with van der Waals surface area (Å²) in [5, 5.41) is 1.72. The number of rotatable bonds is 3. The van der Waals surface area contributed by atoms with Gasteiger partial charge in [-0.25, -0.2) is 9.37 Å². The van der Waals surface area contributed by atoms with Crippen molar-refractivity contribution in [1.29, 1.82) is 0 Å². The molecule has 0 bridgehead atoms. The van der Waals surface area contributed by atoms with Gasteiger partial charge in [0, 0.05) is 17.3 Å². The molecule has 1 atom stereocenters. The van der Waals surface area contributed by atoms with Gasteiger partial charge in [0.1, 0.15) is 6.17 Å². The average Bonchev–Trinajstić information content (AvgIpc) is 2.32. The Bertz CT molecular complexity index is 228. The summed E-state index contributed by atoms with van der Waals surface area (Å²) < 4.78 is 13.3. The molecule has 1 aromatic rings. The fraction of sp³-hybridized carbons (Fsp3) is 0.625. The van der Waals surface area contributed by atoms with Crippen molar-refractivity contribution in [1.82, 2.24) is 4.98 Å². The molecule has 0 fully saturated rings. The minimum absolute atomic E-state index is 0.316. The van der Waals surface area contributed by atoms with Crippen LogP contribution in [0, 0.1) is 0 Å². The number of hydrogen-bond acceptors (Lipinski definition) is 3. The van der Waals surface area contributed by atoms with Crippen molar-refractivity contribution >= 4 is 11.3 Å². The number of alkyl halides is 1. The lowest BCUT2D eigenvalue weighted by Crippen LogP contribution is -2.33. The Morgan fingerprint density at radius 3 is 2.83 bits per heavy atom. The second kappa shape index (κ2) is 3.49. The number of nitrogens with zero attached hydrogens (tertiary/aromatic N) is 1. The van der Waals surface area contributed by atoms with Gasteiger partial charge in [-0.15, -0.1) is 11.3 Å². The molecule has 0 saturated carbocycles. The maximum absolute atomic E-state index is 13.3. The van der Waals surface area contributed by atoms with E-state index >= 15 is 0 Å². The van der Waals surface area contributed by atoms with Crippen LogP contribution >= 0.6 is 11.3 Å². The summed E-state index contributed by atoms with van der Waals surface area (Å²) in [4.78, 5) is 3.89. The molecular weight excluding hydrogens is 175 g/mol. The van der Waals surface area contributed by atoms with Crippen molar-refractivity contribution in [3.05, 3.63) is 16.6 Å². The molecule has 1 heterocycles. The molecule has 1 rings (SSSR count). The van der Waals surface area contributed by atoms with Crippen LogP contribution in [-0.2, 0) is 0 Å². The molecule has 0 amide bonds. The van der Waals surface area contributed by atoms with Gasteiger partial charge in [-0.1, -0.05) is 0 Å². The zero-order valence-electron chi connectivity index (χ0n) is 7.25. The molecule has 12 heavy (non-hydrogen) atoms. The monoisotopic (exact) mass is 188 g/mol. The normalized spacial score (nSPS) is 14.7. The topological polar surface area (TPSA) is 38.9 Å². The van der Waals surface area contributed by atoms with E-state index in [4.69, 9.17) is 5.73 Å². The third kappa shape index (κ3) is 2.87. The fourth-order valence-electron chi connectivity index (χ4n) is 0.943. The number of hydrogen-bond donors (Lipinski definition) is 1. The Kier molecular flexibility index (Phi) is 2.80. The lowest BCUT2D eigenvalue weighted by Gasteiger charge is -2.19. The van der Waals surface area contributed by atoms with E-state index in [-0.39, 0.29) is 0 Å². The zero-order valence-corrected chi connectivity index (χ0v) is 8.07. The maximum atomic E-state index is 13.3. The van der Waals surface area contributed by atoms with Gasteiger partial charge in [0.2, 0.25) is 0 Å². The quantitative estimate of drug-likeness (QED) is 0.790. The number of nitrogens with two attached hydrogens (primary N) is 1. The van der Waals surface area contributed by atoms with E-state index in [9.17, 15) is 4.39 Å². The van der Waals surface area contributed by atoms with Gasteiger partial charge in [-0.2, -0.15) is 0 Å². The molecule has 0 spiro atoms. The van der Waals surface area contributed by atoms with E-state index in [0.29, 0.717) is 12.1 Å². The van der Waals surface area contributed by atoms with Gasteiger partial charge in [0.15, 0.2) is 0 Å². The van der Waals surface area contributed by atoms with Crippen LogP contribution in [0.4, 0.5) is 4.39 Å². The molecule has 0 aliphatic rings. The lowest BCUT2D eigenvalue weighted by molar-refractivity contribution is 0.263. The first-order valence-electron chi connectivity index (χ1n) is 3.80. The van der Waals surface area contributed by atoms with Gasteiger partial charge in [-0.3, -0.25) is 0 Å². The zero-order chi connectivity index (χ0) is 9.19. The molecule has 2 N–H and O–H groups in total. The molecule has 68 valence electrons. The van der Waals surface area contributed by atoms with E-state index in [1.54, 1.807) is 10.9 Å². The maximum Gasteiger partial charge on any atom is 0.144 e. The van der Waals surface area contributed by atoms with E-state index < -0.39 is 11.7 Å². The van der Waals surface area contributed by atoms with Gasteiger partial charge in [0.05, 0.1) is 11.2 Å². The molecule has 0 saturated heterocycles. The number of aromatic nitrogens is 1. The van der Waals surface area contributed by atoms with Gasteiger partial charge in [-0.05, 0) is 13.8 Å². The molecule has 1 aromatic heterocycles. The van der Waals surface area contributed by atoms with Crippen LogP contribution in [0.1, 0.15) is 32.1 Å². The smallest absolute Gasteiger partial charge is 0.144 e. The third-order valence-corrected chi connectivity index (χ3v) is 2.08. The summed E-state index contributed by atoms with van der Waals surface area (Å²) in [5.74, 6) is 0. The van der Waals surface area contributed by atoms with Crippen molar-refractivity contribution < 1.29 is 4.39 Å². The van der Waals surface area contributed by atoms with Crippen LogP contribution in [-0.4, -0.2) is 10.5 Å². The highest BCUT2D eigenvalue weighted by molar-refractivity contribution is 7.07. The van der Waals surface area contributed by atoms with E-state index in [2.05, 4.69) is 4.98 Å². The Labute approximate surface area is 75.6 Å². The van der Waals surface area contributed by atoms with Crippen LogP contribution in [0.25, 0.3) is 0 Å². The summed E-state index contributed by atoms with van der Waals surface area (Å²) in [6.45, 7) is 3.62. The Morgan fingerprint density at radius 2 is 2.42 bits per heavy atom. The Hall–Kier alpha value is -0.480. The third-order valence-electron chi connectivity index (χ3n) is 1.48. The van der Waals surface area contributed by atoms with Gasteiger partial charge < -0.3 is 5.73 Å². The summed E-state index contributed by atoms with van der Waals surface area (Å²) in [7, 11) is 0. The minimum Gasteiger partial charge on any atom is -0.325 e. The van der Waals surface area contributed by atoms with Crippen LogP contribution < -0.4 is 5.73 Å². The molecule has 0 aliphatic heterocycles. The fourth-order valence-corrected chi connectivity index (χ4v) is 1.53. The molecule has 0 aliphatic carbocycles. The van der Waals surface area contributed by atoms with Crippen molar-refractivity contribution in [3.63, 3.8) is 0 Å². The summed E-state index contributed by atoms with van der Waals surface area (Å²) in [6.07, 6.45) is -0.715. The second-order valence-corrected chi connectivity index (χ2v) is 4.29. The summed E-state index contributed by atoms with van der Waals surface area (Å²) in [6, 6.07) is 0. The van der Waals surface area contributed by atoms with Crippen LogP contribution in [0.3, 0.4) is 0 Å². The molecule has 2 nitrogen and oxygen atoms in total. The highest BCUT2D eigenvalue weighted by atomic mass is 32.1. The summed E-state index contributed by atoms with van der Waals surface area (Å²) >= 11 is 1.40. The van der Waals surface area contributed by atoms with Crippen LogP contribution in [0.2, 0.25) is 0 Å². The van der Waals surface area contributed by atoms with Crippen LogP contribution in [0.15, 0.2) is 10.9 Å². The molecular formula is C8H13FN2S. The highest BCUT2D eigenvalue weighted by Crippen LogP contribution is 2.25. The Morgan fingerprint density at radius 1 is 1.75 bits per heavy atom. The molecule has 1 unspecified atom stereocenters. The Balaban J connectivity index is 2.56. The van der Waals surface area contributed by atoms with Crippen molar-refractivity contribution in [2.45, 2.75) is 32.0 Å². The first-order valence-corrected chi connectivity index (χ1v) is 4.74.